The summed E-state index contributed by atoms with van der Waals surface area (Å²) in [6, 6.07) is 0.338. The minimum Gasteiger partial charge on any atom is -0.393 e. The fourth-order valence-corrected chi connectivity index (χ4v) is 6.25. The average molecular weight is 658 g/mol. The lowest BCUT2D eigenvalue weighted by Crippen LogP contribution is -2.52. The van der Waals surface area contributed by atoms with Gasteiger partial charge in [0, 0.05) is 12.6 Å². The molecule has 13 nitrogen and oxygen atoms in total. The van der Waals surface area contributed by atoms with Crippen molar-refractivity contribution in [1.29, 1.82) is 0 Å². The number of aromatic nitrogens is 3. The van der Waals surface area contributed by atoms with Crippen molar-refractivity contribution in [3.8, 4) is 0 Å². The van der Waals surface area contributed by atoms with Gasteiger partial charge in [0.1, 0.15) is 16.9 Å². The number of nitrogens with zero attached hydrogens (tertiary/aromatic N) is 3. The Labute approximate surface area is 250 Å². The van der Waals surface area contributed by atoms with Crippen molar-refractivity contribution in [2.24, 2.45) is 5.92 Å². The number of anilines is 2. The fourth-order valence-electron chi connectivity index (χ4n) is 4.50. The number of sulfonamides is 1. The first-order valence-corrected chi connectivity index (χ1v) is 16.0. The summed E-state index contributed by atoms with van der Waals surface area (Å²) in [7, 11) is -4.41. The van der Waals surface area contributed by atoms with Gasteiger partial charge in [0.05, 0.1) is 36.3 Å². The van der Waals surface area contributed by atoms with E-state index in [1.807, 2.05) is 0 Å². The van der Waals surface area contributed by atoms with Crippen LogP contribution in [0.25, 0.3) is 0 Å². The Hall–Kier alpha value is -2.74. The number of halogens is 4. The van der Waals surface area contributed by atoms with E-state index in [9.17, 15) is 41.0 Å². The maximum atomic E-state index is 13.1. The number of hydrogen-bond acceptors (Lipinski definition) is 12. The molecule has 2 aromatic heterocycles. The number of aliphatic hydroxyl groups excluding tert-OH is 2. The summed E-state index contributed by atoms with van der Waals surface area (Å²) in [5.74, 6) is -1.63. The van der Waals surface area contributed by atoms with Gasteiger partial charge in [-0.1, -0.05) is 31.0 Å². The molecule has 43 heavy (non-hydrogen) atoms. The van der Waals surface area contributed by atoms with E-state index in [2.05, 4.69) is 35.9 Å². The second kappa shape index (κ2) is 16.4. The highest BCUT2D eigenvalue weighted by Crippen LogP contribution is 2.30. The molecule has 0 spiro atoms. The zero-order valence-electron chi connectivity index (χ0n) is 23.2. The molecule has 0 bridgehead atoms. The van der Waals surface area contributed by atoms with Gasteiger partial charge in [0.2, 0.25) is 22.1 Å². The Balaban J connectivity index is 1.84. The Morgan fingerprint density at radius 3 is 2.51 bits per heavy atom. The van der Waals surface area contributed by atoms with E-state index in [-0.39, 0.29) is 41.1 Å². The van der Waals surface area contributed by atoms with Gasteiger partial charge < -0.3 is 26.2 Å². The Kier molecular flexibility index (Phi) is 13.2. The van der Waals surface area contributed by atoms with E-state index < -0.39 is 64.3 Å². The summed E-state index contributed by atoms with van der Waals surface area (Å²) in [6.45, 7) is 0.550. The molecule has 242 valence electrons. The van der Waals surface area contributed by atoms with Crippen molar-refractivity contribution >= 4 is 39.2 Å². The summed E-state index contributed by atoms with van der Waals surface area (Å²) < 4.78 is 82.5. The number of pyridine rings is 1. The van der Waals surface area contributed by atoms with E-state index in [0.717, 1.165) is 25.5 Å². The van der Waals surface area contributed by atoms with Gasteiger partial charge >= 0.3 is 0 Å². The number of rotatable bonds is 17. The molecule has 3 atom stereocenters. The number of thioether (sulfide) groups is 1. The lowest BCUT2D eigenvalue weighted by atomic mass is 9.83. The van der Waals surface area contributed by atoms with Gasteiger partial charge in [-0.15, -0.1) is 0 Å². The van der Waals surface area contributed by atoms with Gasteiger partial charge in [-0.05, 0) is 42.4 Å². The van der Waals surface area contributed by atoms with E-state index in [0.29, 0.717) is 24.6 Å². The zero-order chi connectivity index (χ0) is 31.6. The Morgan fingerprint density at radius 2 is 1.86 bits per heavy atom. The molecule has 0 radical (unpaired) electrons. The third kappa shape index (κ3) is 10.7. The molecule has 19 heteroatoms. The zero-order valence-corrected chi connectivity index (χ0v) is 24.8. The Bertz CT molecular complexity index is 1280. The van der Waals surface area contributed by atoms with Gasteiger partial charge in [-0.3, -0.25) is 4.79 Å². The van der Waals surface area contributed by atoms with Crippen LogP contribution < -0.4 is 20.7 Å². The number of amides is 1. The number of alkyl halides is 4. The maximum absolute atomic E-state index is 13.1. The predicted octanol–water partition coefficient (Wildman–Crippen LogP) is 2.66. The number of aliphatic hydroxyl groups is 2. The average Bonchev–Trinajstić information content (AvgIpc) is 3.43. The van der Waals surface area contributed by atoms with Crippen molar-refractivity contribution in [3.05, 3.63) is 18.0 Å². The lowest BCUT2D eigenvalue weighted by Gasteiger charge is -2.34. The minimum atomic E-state index is -4.41. The van der Waals surface area contributed by atoms with Crippen LogP contribution in [0.1, 0.15) is 55.9 Å². The highest BCUT2D eigenvalue weighted by Gasteiger charge is 2.33. The molecule has 0 saturated heterocycles. The maximum Gasteiger partial charge on any atom is 0.276 e. The van der Waals surface area contributed by atoms with Crippen LogP contribution in [0.4, 0.5) is 29.1 Å². The van der Waals surface area contributed by atoms with Crippen LogP contribution in [0.5, 0.6) is 0 Å². The SMILES string of the molecule is C[C@H](O)CCNc1cc(N[C@@H](O)[C@@H](NC(=O)c2nonc2SCC(F)F)C2CCCCC2)ncc1S(=O)(=O)NCC(F)F. The van der Waals surface area contributed by atoms with Crippen LogP contribution in [0, 0.1) is 5.92 Å². The third-order valence-corrected chi connectivity index (χ3v) is 8.98. The largest absolute Gasteiger partial charge is 0.393 e. The topological polar surface area (TPSA) is 192 Å². The van der Waals surface area contributed by atoms with Crippen LogP contribution >= 0.6 is 11.8 Å². The van der Waals surface area contributed by atoms with Crippen LogP contribution in [0.2, 0.25) is 0 Å². The molecule has 1 amide bonds. The lowest BCUT2D eigenvalue weighted by molar-refractivity contribution is 0.0740. The molecular weight excluding hydrogens is 622 g/mol. The first kappa shape index (κ1) is 34.7. The Morgan fingerprint density at radius 1 is 1.14 bits per heavy atom. The molecular formula is C24H35F4N7O6S2. The second-order valence-electron chi connectivity index (χ2n) is 9.98. The summed E-state index contributed by atoms with van der Waals surface area (Å²) in [5, 5.41) is 36.0. The summed E-state index contributed by atoms with van der Waals surface area (Å²) in [4.78, 5) is 16.7. The third-order valence-electron chi connectivity index (χ3n) is 6.57. The van der Waals surface area contributed by atoms with E-state index in [4.69, 9.17) is 0 Å². The molecule has 2 heterocycles. The minimum absolute atomic E-state index is 0.00815. The molecule has 3 rings (SSSR count). The van der Waals surface area contributed by atoms with Gasteiger partial charge in [-0.25, -0.2) is 40.3 Å². The molecule has 1 fully saturated rings. The van der Waals surface area contributed by atoms with E-state index in [1.54, 1.807) is 4.72 Å². The van der Waals surface area contributed by atoms with Crippen LogP contribution in [0.15, 0.2) is 26.8 Å². The van der Waals surface area contributed by atoms with Crippen molar-refractivity contribution < 1.29 is 45.6 Å². The van der Waals surface area contributed by atoms with Crippen molar-refractivity contribution in [1.82, 2.24) is 25.3 Å². The molecule has 0 aromatic carbocycles. The van der Waals surface area contributed by atoms with Gasteiger partial charge in [-0.2, -0.15) is 0 Å². The molecule has 0 aliphatic heterocycles. The molecule has 0 unspecified atom stereocenters. The van der Waals surface area contributed by atoms with Crippen LogP contribution in [0.3, 0.4) is 0 Å². The normalized spacial score (nSPS) is 16.7. The molecule has 1 aliphatic rings. The standard InChI is InChI=1S/C24H35F4N7O6S2/c1-13(36)7-8-29-15-9-19(30-10-16(15)43(39,40)31-11-17(25)26)32-22(37)20(14-5-3-2-4-6-14)33-23(38)21-24(35-41-34-21)42-12-18(27)28/h9-10,13-14,17-18,20,22,31,36-37H,2-8,11-12H2,1H3,(H,33,38)(H2,29,30,32)/t13-,20-,22-/m0/s1. The number of hydrogen-bond donors (Lipinski definition) is 6. The van der Waals surface area contributed by atoms with Gasteiger partial charge in [0.25, 0.3) is 12.3 Å². The predicted molar refractivity (Wildman–Crippen MR) is 149 cm³/mol. The van der Waals surface area contributed by atoms with Crippen LogP contribution in [-0.2, 0) is 10.0 Å². The quantitative estimate of drug-likeness (QED) is 0.0830. The summed E-state index contributed by atoms with van der Waals surface area (Å²) in [6.07, 6.45) is -2.58. The highest BCUT2D eigenvalue weighted by molar-refractivity contribution is 7.99. The van der Waals surface area contributed by atoms with Crippen LogP contribution in [-0.4, -0.2) is 89.9 Å². The molecule has 6 N–H and O–H groups in total. The molecule has 2 aromatic rings. The number of carbonyl (C=O) groups is 1. The first-order valence-electron chi connectivity index (χ1n) is 13.6. The number of nitrogens with one attached hydrogen (secondary N) is 4. The van der Waals surface area contributed by atoms with Crippen molar-refractivity contribution in [2.45, 2.75) is 86.6 Å². The highest BCUT2D eigenvalue weighted by atomic mass is 32.2. The van der Waals surface area contributed by atoms with E-state index >= 15 is 0 Å². The van der Waals surface area contributed by atoms with Crippen molar-refractivity contribution in [3.63, 3.8) is 0 Å². The van der Waals surface area contributed by atoms with Gasteiger partial charge in [0.15, 0.2) is 5.03 Å². The monoisotopic (exact) mass is 657 g/mol. The second-order valence-corrected chi connectivity index (χ2v) is 12.7. The van der Waals surface area contributed by atoms with E-state index in [1.165, 1.54) is 13.0 Å². The molecule has 1 saturated carbocycles. The molecule has 1 aliphatic carbocycles. The smallest absolute Gasteiger partial charge is 0.276 e. The summed E-state index contributed by atoms with van der Waals surface area (Å²) in [5.41, 5.74) is -0.341. The van der Waals surface area contributed by atoms with Crippen molar-refractivity contribution in [2.75, 3.05) is 29.5 Å². The summed E-state index contributed by atoms with van der Waals surface area (Å²) >= 11 is 0.597. The number of carbonyl (C=O) groups excluding carboxylic acids is 1. The fraction of sp³-hybridized carbons (Fsp3) is 0.667. The first-order chi connectivity index (χ1) is 20.4.